The second kappa shape index (κ2) is 4.18. The molecule has 1 heterocycles. The molecule has 1 aliphatic rings. The molecule has 6 heteroatoms. The van der Waals surface area contributed by atoms with Crippen molar-refractivity contribution in [1.29, 1.82) is 0 Å². The van der Waals surface area contributed by atoms with Crippen LogP contribution in [0, 0.1) is 0 Å². The molecule has 1 aromatic heterocycles. The van der Waals surface area contributed by atoms with E-state index in [1.807, 2.05) is 0 Å². The summed E-state index contributed by atoms with van der Waals surface area (Å²) in [5.41, 5.74) is 4.46. The number of halogens is 3. The number of hydrogen-bond donors (Lipinski definition) is 2. The maximum Gasteiger partial charge on any atom is 0.419 e. The number of nitrogens with one attached hydrogen (secondary N) is 1. The lowest BCUT2D eigenvalue weighted by molar-refractivity contribution is -0.137. The zero-order chi connectivity index (χ0) is 12.5. The molecule has 0 unspecified atom stereocenters. The monoisotopic (exact) mass is 245 g/mol. The average Bonchev–Trinajstić information content (AvgIpc) is 2.23. The molecule has 0 atom stereocenters. The molecule has 1 aliphatic carbocycles. The van der Waals surface area contributed by atoms with E-state index in [2.05, 4.69) is 10.3 Å². The van der Waals surface area contributed by atoms with Crippen LogP contribution in [0.15, 0.2) is 18.3 Å². The number of nitrogens with zero attached hydrogens (tertiary/aromatic N) is 1. The number of alkyl halides is 3. The van der Waals surface area contributed by atoms with Gasteiger partial charge in [-0.3, -0.25) is 0 Å². The van der Waals surface area contributed by atoms with E-state index in [9.17, 15) is 13.2 Å². The molecule has 1 fully saturated rings. The Labute approximate surface area is 97.2 Å². The summed E-state index contributed by atoms with van der Waals surface area (Å²) in [4.78, 5) is 3.77. The molecule has 0 bridgehead atoms. The Morgan fingerprint density at radius 1 is 1.41 bits per heavy atom. The van der Waals surface area contributed by atoms with Crippen LogP contribution in [0.5, 0.6) is 0 Å². The third-order valence-electron chi connectivity index (χ3n) is 3.20. The van der Waals surface area contributed by atoms with Gasteiger partial charge in [0.2, 0.25) is 0 Å². The topological polar surface area (TPSA) is 50.9 Å². The van der Waals surface area contributed by atoms with E-state index in [1.54, 1.807) is 0 Å². The maximum atomic E-state index is 12.7. The standard InChI is InChI=1S/C11H14F3N3/c12-11(13,14)8-3-1-6-16-9(8)17-10(7-15)4-2-5-10/h1,3,6H,2,4-5,7,15H2,(H,16,17). The van der Waals surface area contributed by atoms with Crippen LogP contribution < -0.4 is 11.1 Å². The first-order valence-corrected chi connectivity index (χ1v) is 5.47. The van der Waals surface area contributed by atoms with Gasteiger partial charge < -0.3 is 11.1 Å². The van der Waals surface area contributed by atoms with E-state index in [4.69, 9.17) is 5.73 Å². The Bertz CT molecular complexity index is 394. The molecule has 1 saturated carbocycles. The second-order valence-corrected chi connectivity index (χ2v) is 4.36. The van der Waals surface area contributed by atoms with Gasteiger partial charge in [-0.1, -0.05) is 0 Å². The van der Waals surface area contributed by atoms with Gasteiger partial charge in [0, 0.05) is 12.7 Å². The highest BCUT2D eigenvalue weighted by molar-refractivity contribution is 5.48. The molecule has 3 nitrogen and oxygen atoms in total. The van der Waals surface area contributed by atoms with Gasteiger partial charge in [-0.2, -0.15) is 13.2 Å². The number of hydrogen-bond acceptors (Lipinski definition) is 3. The third kappa shape index (κ3) is 2.36. The lowest BCUT2D eigenvalue weighted by atomic mass is 9.76. The Hall–Kier alpha value is -1.30. The summed E-state index contributed by atoms with van der Waals surface area (Å²) in [5.74, 6) is -0.120. The van der Waals surface area contributed by atoms with E-state index in [0.29, 0.717) is 6.54 Å². The van der Waals surface area contributed by atoms with Crippen molar-refractivity contribution in [3.05, 3.63) is 23.9 Å². The van der Waals surface area contributed by atoms with Crippen molar-refractivity contribution in [3.63, 3.8) is 0 Å². The number of pyridine rings is 1. The smallest absolute Gasteiger partial charge is 0.363 e. The lowest BCUT2D eigenvalue weighted by Crippen LogP contribution is -2.51. The number of aromatic nitrogens is 1. The van der Waals surface area contributed by atoms with Crippen molar-refractivity contribution in [2.75, 3.05) is 11.9 Å². The highest BCUT2D eigenvalue weighted by Crippen LogP contribution is 2.38. The summed E-state index contributed by atoms with van der Waals surface area (Å²) >= 11 is 0. The third-order valence-corrected chi connectivity index (χ3v) is 3.20. The highest BCUT2D eigenvalue weighted by atomic mass is 19.4. The molecule has 0 aromatic carbocycles. The fraction of sp³-hybridized carbons (Fsp3) is 0.545. The van der Waals surface area contributed by atoms with Crippen molar-refractivity contribution in [2.24, 2.45) is 5.73 Å². The van der Waals surface area contributed by atoms with Crippen LogP contribution in [0.2, 0.25) is 0 Å². The summed E-state index contributed by atoms with van der Waals surface area (Å²) in [5, 5.41) is 2.86. The van der Waals surface area contributed by atoms with Crippen molar-refractivity contribution >= 4 is 5.82 Å². The van der Waals surface area contributed by atoms with Crippen molar-refractivity contribution in [2.45, 2.75) is 31.0 Å². The van der Waals surface area contributed by atoms with Gasteiger partial charge in [0.15, 0.2) is 0 Å². The summed E-state index contributed by atoms with van der Waals surface area (Å²) in [6.07, 6.45) is -0.482. The minimum Gasteiger partial charge on any atom is -0.363 e. The van der Waals surface area contributed by atoms with Gasteiger partial charge in [0.1, 0.15) is 5.82 Å². The largest absolute Gasteiger partial charge is 0.419 e. The lowest BCUT2D eigenvalue weighted by Gasteiger charge is -2.42. The minimum absolute atomic E-state index is 0.120. The van der Waals surface area contributed by atoms with Crippen molar-refractivity contribution in [1.82, 2.24) is 4.98 Å². The average molecular weight is 245 g/mol. The van der Waals surface area contributed by atoms with E-state index in [0.717, 1.165) is 25.3 Å². The van der Waals surface area contributed by atoms with Gasteiger partial charge in [-0.25, -0.2) is 4.98 Å². The number of rotatable bonds is 3. The molecular formula is C11H14F3N3. The minimum atomic E-state index is -4.39. The molecule has 0 saturated heterocycles. The summed E-state index contributed by atoms with van der Waals surface area (Å²) in [6.45, 7) is 0.320. The summed E-state index contributed by atoms with van der Waals surface area (Å²) < 4.78 is 38.2. The van der Waals surface area contributed by atoms with Crippen LogP contribution in [-0.4, -0.2) is 17.1 Å². The first kappa shape index (κ1) is 12.2. The highest BCUT2D eigenvalue weighted by Gasteiger charge is 2.40. The molecule has 0 aliphatic heterocycles. The van der Waals surface area contributed by atoms with Crippen molar-refractivity contribution < 1.29 is 13.2 Å². The zero-order valence-electron chi connectivity index (χ0n) is 9.22. The normalized spacial score (nSPS) is 18.6. The van der Waals surface area contributed by atoms with Crippen LogP contribution in [0.4, 0.5) is 19.0 Å². The van der Waals surface area contributed by atoms with Gasteiger partial charge in [-0.05, 0) is 31.4 Å². The van der Waals surface area contributed by atoms with Crippen LogP contribution in [-0.2, 0) is 6.18 Å². The molecule has 3 N–H and O–H groups in total. The van der Waals surface area contributed by atoms with E-state index in [-0.39, 0.29) is 5.82 Å². The fourth-order valence-electron chi connectivity index (χ4n) is 1.97. The SMILES string of the molecule is NCC1(Nc2ncccc2C(F)(F)F)CCC1. The summed E-state index contributed by atoms with van der Waals surface area (Å²) in [6, 6.07) is 2.31. The molecular weight excluding hydrogens is 231 g/mol. The predicted molar refractivity (Wildman–Crippen MR) is 58.5 cm³/mol. The second-order valence-electron chi connectivity index (χ2n) is 4.36. The van der Waals surface area contributed by atoms with Gasteiger partial charge in [0.25, 0.3) is 0 Å². The first-order valence-electron chi connectivity index (χ1n) is 5.47. The first-order chi connectivity index (χ1) is 7.97. The molecule has 2 rings (SSSR count). The Kier molecular flexibility index (Phi) is 2.99. The van der Waals surface area contributed by atoms with Crippen LogP contribution in [0.3, 0.4) is 0 Å². The fourth-order valence-corrected chi connectivity index (χ4v) is 1.97. The maximum absolute atomic E-state index is 12.7. The molecule has 0 radical (unpaired) electrons. The van der Waals surface area contributed by atoms with E-state index < -0.39 is 17.3 Å². The Balaban J connectivity index is 2.27. The predicted octanol–water partition coefficient (Wildman–Crippen LogP) is 2.39. The van der Waals surface area contributed by atoms with E-state index in [1.165, 1.54) is 12.3 Å². The Morgan fingerprint density at radius 2 is 2.12 bits per heavy atom. The van der Waals surface area contributed by atoms with Gasteiger partial charge >= 0.3 is 6.18 Å². The van der Waals surface area contributed by atoms with Crippen LogP contribution in [0.1, 0.15) is 24.8 Å². The van der Waals surface area contributed by atoms with Gasteiger partial charge in [-0.15, -0.1) is 0 Å². The molecule has 0 spiro atoms. The number of anilines is 1. The van der Waals surface area contributed by atoms with E-state index >= 15 is 0 Å². The molecule has 1 aromatic rings. The molecule has 0 amide bonds. The Morgan fingerprint density at radius 3 is 2.59 bits per heavy atom. The number of nitrogens with two attached hydrogens (primary N) is 1. The zero-order valence-corrected chi connectivity index (χ0v) is 9.22. The van der Waals surface area contributed by atoms with Gasteiger partial charge in [0.05, 0.1) is 11.1 Å². The van der Waals surface area contributed by atoms with Crippen molar-refractivity contribution in [3.8, 4) is 0 Å². The molecule has 94 valence electrons. The van der Waals surface area contributed by atoms with Crippen LogP contribution >= 0.6 is 0 Å². The van der Waals surface area contributed by atoms with Crippen LogP contribution in [0.25, 0.3) is 0 Å². The summed E-state index contributed by atoms with van der Waals surface area (Å²) in [7, 11) is 0. The molecule has 17 heavy (non-hydrogen) atoms. The quantitative estimate of drug-likeness (QED) is 0.859.